The average molecular weight is 363 g/mol. The van der Waals surface area contributed by atoms with Crippen LogP contribution in [0.2, 0.25) is 0 Å². The number of amides is 1. The van der Waals surface area contributed by atoms with Crippen LogP contribution in [0.3, 0.4) is 0 Å². The van der Waals surface area contributed by atoms with Crippen LogP contribution in [0.4, 0.5) is 16.2 Å². The number of benzene rings is 1. The Morgan fingerprint density at radius 2 is 1.96 bits per heavy atom. The zero-order valence-corrected chi connectivity index (χ0v) is 15.6. The maximum absolute atomic E-state index is 12.2. The van der Waals surface area contributed by atoms with Gasteiger partial charge in [0.1, 0.15) is 5.60 Å². The van der Waals surface area contributed by atoms with Gasteiger partial charge in [-0.15, -0.1) is 0 Å². The van der Waals surface area contributed by atoms with Crippen molar-refractivity contribution in [3.8, 4) is 0 Å². The molecule has 8 nitrogen and oxygen atoms in total. The summed E-state index contributed by atoms with van der Waals surface area (Å²) < 4.78 is 5.40. The molecule has 1 aliphatic rings. The third-order valence-electron chi connectivity index (χ3n) is 4.38. The molecule has 0 bridgehead atoms. The summed E-state index contributed by atoms with van der Waals surface area (Å²) in [6.07, 6.45) is 1.75. The van der Waals surface area contributed by atoms with E-state index < -0.39 is 10.5 Å². The van der Waals surface area contributed by atoms with Crippen molar-refractivity contribution in [1.29, 1.82) is 0 Å². The molecule has 1 saturated heterocycles. The van der Waals surface area contributed by atoms with Crippen LogP contribution in [-0.4, -0.2) is 54.0 Å². The monoisotopic (exact) mass is 363 g/mol. The summed E-state index contributed by atoms with van der Waals surface area (Å²) in [6, 6.07) is 4.36. The van der Waals surface area contributed by atoms with Gasteiger partial charge in [-0.05, 0) is 39.7 Å². The Labute approximate surface area is 152 Å². The van der Waals surface area contributed by atoms with Crippen LogP contribution in [0, 0.1) is 10.1 Å². The standard InChI is InChI=1S/C18H25N3O5/c1-18(2,3)26-17(23)19(4)14-7-9-20(10-8-14)16-6-5-15(21(24)25)11-13(16)12-22/h5-6,11-12,14H,7-10H2,1-4H3. The van der Waals surface area contributed by atoms with E-state index in [4.69, 9.17) is 4.74 Å². The number of aldehydes is 1. The SMILES string of the molecule is CN(C(=O)OC(C)(C)C)C1CCN(c2ccc([N+](=O)[O-])cc2C=O)CC1. The van der Waals surface area contributed by atoms with Crippen molar-refractivity contribution in [2.75, 3.05) is 25.0 Å². The number of non-ortho nitro benzene ring substituents is 1. The Kier molecular flexibility index (Phi) is 5.84. The highest BCUT2D eigenvalue weighted by Gasteiger charge is 2.29. The maximum atomic E-state index is 12.2. The van der Waals surface area contributed by atoms with Gasteiger partial charge in [0.05, 0.1) is 4.92 Å². The largest absolute Gasteiger partial charge is 0.444 e. The average Bonchev–Trinajstić information content (AvgIpc) is 2.59. The van der Waals surface area contributed by atoms with Gasteiger partial charge in [-0.1, -0.05) is 0 Å². The topological polar surface area (TPSA) is 93.0 Å². The highest BCUT2D eigenvalue weighted by Crippen LogP contribution is 2.28. The maximum Gasteiger partial charge on any atom is 0.410 e. The van der Waals surface area contributed by atoms with Crippen LogP contribution < -0.4 is 4.90 Å². The van der Waals surface area contributed by atoms with Crippen LogP contribution in [-0.2, 0) is 4.74 Å². The number of carbonyl (C=O) groups is 2. The smallest absolute Gasteiger partial charge is 0.410 e. The number of nitro groups is 1. The van der Waals surface area contributed by atoms with Gasteiger partial charge < -0.3 is 14.5 Å². The summed E-state index contributed by atoms with van der Waals surface area (Å²) in [4.78, 5) is 37.5. The third kappa shape index (κ3) is 4.71. The molecular formula is C18H25N3O5. The molecule has 1 aliphatic heterocycles. The number of carbonyl (C=O) groups excluding carboxylic acids is 2. The first-order valence-corrected chi connectivity index (χ1v) is 8.57. The minimum Gasteiger partial charge on any atom is -0.444 e. The van der Waals surface area contributed by atoms with Crippen molar-refractivity contribution in [3.63, 3.8) is 0 Å². The zero-order valence-electron chi connectivity index (χ0n) is 15.6. The van der Waals surface area contributed by atoms with Gasteiger partial charge >= 0.3 is 6.09 Å². The molecule has 0 N–H and O–H groups in total. The van der Waals surface area contributed by atoms with E-state index in [0.717, 1.165) is 12.8 Å². The van der Waals surface area contributed by atoms with Crippen molar-refractivity contribution in [3.05, 3.63) is 33.9 Å². The Morgan fingerprint density at radius 1 is 1.35 bits per heavy atom. The predicted octanol–water partition coefficient (Wildman–Crippen LogP) is 3.24. The summed E-state index contributed by atoms with van der Waals surface area (Å²) in [5.74, 6) is 0. The van der Waals surface area contributed by atoms with Crippen LogP contribution in [0.15, 0.2) is 18.2 Å². The molecule has 1 aromatic rings. The zero-order chi connectivity index (χ0) is 19.5. The quantitative estimate of drug-likeness (QED) is 0.463. The first-order valence-electron chi connectivity index (χ1n) is 8.57. The Balaban J connectivity index is 2.03. The van der Waals surface area contributed by atoms with E-state index >= 15 is 0 Å². The Morgan fingerprint density at radius 3 is 2.46 bits per heavy atom. The number of anilines is 1. The lowest BCUT2D eigenvalue weighted by Gasteiger charge is -2.38. The van der Waals surface area contributed by atoms with Crippen molar-refractivity contribution in [2.24, 2.45) is 0 Å². The fourth-order valence-corrected chi connectivity index (χ4v) is 3.01. The van der Waals surface area contributed by atoms with Crippen molar-refractivity contribution < 1.29 is 19.2 Å². The molecule has 0 unspecified atom stereocenters. The fraction of sp³-hybridized carbons (Fsp3) is 0.556. The highest BCUT2D eigenvalue weighted by molar-refractivity contribution is 5.86. The molecule has 0 aliphatic carbocycles. The molecule has 0 spiro atoms. The second-order valence-electron chi connectivity index (χ2n) is 7.43. The summed E-state index contributed by atoms with van der Waals surface area (Å²) in [5, 5.41) is 10.9. The van der Waals surface area contributed by atoms with E-state index in [1.165, 1.54) is 12.1 Å². The number of rotatable bonds is 4. The van der Waals surface area contributed by atoms with E-state index in [9.17, 15) is 19.7 Å². The summed E-state index contributed by atoms with van der Waals surface area (Å²) in [5.41, 5.74) is 0.349. The lowest BCUT2D eigenvalue weighted by Crippen LogP contribution is -2.47. The van der Waals surface area contributed by atoms with E-state index in [1.807, 2.05) is 25.7 Å². The minimum atomic E-state index is -0.538. The third-order valence-corrected chi connectivity index (χ3v) is 4.38. The summed E-state index contributed by atoms with van der Waals surface area (Å²) in [6.45, 7) is 6.79. The number of hydrogen-bond donors (Lipinski definition) is 0. The normalized spacial score (nSPS) is 15.5. The van der Waals surface area contributed by atoms with Gasteiger partial charge in [-0.25, -0.2) is 4.79 Å². The van der Waals surface area contributed by atoms with Gasteiger partial charge in [-0.3, -0.25) is 14.9 Å². The van der Waals surface area contributed by atoms with Crippen LogP contribution in [0.1, 0.15) is 44.0 Å². The molecule has 2 rings (SSSR count). The van der Waals surface area contributed by atoms with Crippen molar-refractivity contribution >= 4 is 23.8 Å². The van der Waals surface area contributed by atoms with Gasteiger partial charge in [0.2, 0.25) is 0 Å². The Bertz CT molecular complexity index is 691. The second kappa shape index (κ2) is 7.72. The molecule has 0 saturated carbocycles. The molecule has 0 aromatic heterocycles. The lowest BCUT2D eigenvalue weighted by atomic mass is 10.0. The molecule has 1 aromatic carbocycles. The van der Waals surface area contributed by atoms with E-state index in [0.29, 0.717) is 30.6 Å². The number of hydrogen-bond acceptors (Lipinski definition) is 6. The molecule has 0 atom stereocenters. The molecular weight excluding hydrogens is 338 g/mol. The number of piperidine rings is 1. The minimum absolute atomic E-state index is 0.0545. The highest BCUT2D eigenvalue weighted by atomic mass is 16.6. The van der Waals surface area contributed by atoms with Gasteiger partial charge in [-0.2, -0.15) is 0 Å². The fourth-order valence-electron chi connectivity index (χ4n) is 3.01. The van der Waals surface area contributed by atoms with E-state index in [1.54, 1.807) is 18.0 Å². The van der Waals surface area contributed by atoms with E-state index in [-0.39, 0.29) is 17.8 Å². The molecule has 8 heteroatoms. The summed E-state index contributed by atoms with van der Waals surface area (Å²) >= 11 is 0. The van der Waals surface area contributed by atoms with Gasteiger partial charge in [0, 0.05) is 49.6 Å². The van der Waals surface area contributed by atoms with Gasteiger partial charge in [0.15, 0.2) is 6.29 Å². The number of nitrogens with zero attached hydrogens (tertiary/aromatic N) is 3. The molecule has 1 heterocycles. The van der Waals surface area contributed by atoms with Crippen LogP contribution in [0.5, 0.6) is 0 Å². The second-order valence-corrected chi connectivity index (χ2v) is 7.43. The number of nitro benzene ring substituents is 1. The molecule has 1 amide bonds. The van der Waals surface area contributed by atoms with Crippen molar-refractivity contribution in [2.45, 2.75) is 45.3 Å². The Hall–Kier alpha value is -2.64. The lowest BCUT2D eigenvalue weighted by molar-refractivity contribution is -0.384. The van der Waals surface area contributed by atoms with Crippen LogP contribution >= 0.6 is 0 Å². The predicted molar refractivity (Wildman–Crippen MR) is 97.7 cm³/mol. The first kappa shape index (κ1) is 19.7. The summed E-state index contributed by atoms with van der Waals surface area (Å²) in [7, 11) is 1.73. The van der Waals surface area contributed by atoms with E-state index in [2.05, 4.69) is 0 Å². The van der Waals surface area contributed by atoms with Crippen LogP contribution in [0.25, 0.3) is 0 Å². The molecule has 1 fully saturated rings. The molecule has 142 valence electrons. The molecule has 0 radical (unpaired) electrons. The van der Waals surface area contributed by atoms with Crippen molar-refractivity contribution in [1.82, 2.24) is 4.90 Å². The first-order chi connectivity index (χ1) is 12.1. The van der Waals surface area contributed by atoms with Gasteiger partial charge in [0.25, 0.3) is 5.69 Å². The number of ether oxygens (including phenoxy) is 1. The molecule has 26 heavy (non-hydrogen) atoms.